The highest BCUT2D eigenvalue weighted by molar-refractivity contribution is 6.19. The Labute approximate surface area is 181 Å². The molecule has 0 saturated carbocycles. The number of Topliss-reactive ketones (excluding diaryl/α,β-unsaturated/α-hetero) is 1. The van der Waals surface area contributed by atoms with Gasteiger partial charge in [0.2, 0.25) is 11.8 Å². The molecule has 0 bridgehead atoms. The number of benzene rings is 2. The van der Waals surface area contributed by atoms with E-state index in [1.165, 1.54) is 10.5 Å². The van der Waals surface area contributed by atoms with Gasteiger partial charge in [0, 0.05) is 19.5 Å². The molecule has 2 aromatic rings. The third-order valence-electron chi connectivity index (χ3n) is 5.40. The number of carboxylic acids is 1. The minimum absolute atomic E-state index is 0.0664. The maximum Gasteiger partial charge on any atom is 0.322 e. The van der Waals surface area contributed by atoms with Crippen molar-refractivity contribution in [1.29, 1.82) is 0 Å². The summed E-state index contributed by atoms with van der Waals surface area (Å²) in [5, 5.41) is 10.8. The van der Waals surface area contributed by atoms with Gasteiger partial charge in [0.15, 0.2) is 11.7 Å². The molecule has 2 amide bonds. The van der Waals surface area contributed by atoms with Crippen LogP contribution in [0.3, 0.4) is 0 Å². The van der Waals surface area contributed by atoms with E-state index in [1.54, 1.807) is 0 Å². The first-order valence-corrected chi connectivity index (χ1v) is 10.3. The molecule has 2 N–H and O–H groups in total. The zero-order valence-corrected chi connectivity index (χ0v) is 17.6. The summed E-state index contributed by atoms with van der Waals surface area (Å²) in [6, 6.07) is 16.2. The van der Waals surface area contributed by atoms with Gasteiger partial charge >= 0.3 is 5.97 Å². The fourth-order valence-corrected chi connectivity index (χ4v) is 3.60. The third-order valence-corrected chi connectivity index (χ3v) is 5.40. The SMILES string of the molecule is CC(C)c1cccc(-c2ccc(CN3CCC(=O)C(C(=O)NCC(=O)O)C3=O)cc2)c1. The Balaban J connectivity index is 1.70. The number of nitrogens with zero attached hydrogens (tertiary/aromatic N) is 1. The van der Waals surface area contributed by atoms with Crippen molar-refractivity contribution in [1.82, 2.24) is 10.2 Å². The van der Waals surface area contributed by atoms with Gasteiger partial charge in [0.05, 0.1) is 0 Å². The topological polar surface area (TPSA) is 104 Å². The van der Waals surface area contributed by atoms with E-state index in [0.29, 0.717) is 5.92 Å². The van der Waals surface area contributed by atoms with Crippen LogP contribution in [0.1, 0.15) is 37.3 Å². The molecule has 1 fully saturated rings. The van der Waals surface area contributed by atoms with Crippen molar-refractivity contribution in [3.8, 4) is 11.1 Å². The number of ketones is 1. The molecule has 162 valence electrons. The minimum Gasteiger partial charge on any atom is -0.480 e. The monoisotopic (exact) mass is 422 g/mol. The summed E-state index contributed by atoms with van der Waals surface area (Å²) in [5.41, 5.74) is 4.33. The molecule has 1 saturated heterocycles. The lowest BCUT2D eigenvalue weighted by Crippen LogP contribution is -2.52. The first kappa shape index (κ1) is 22.2. The van der Waals surface area contributed by atoms with Crippen LogP contribution >= 0.6 is 0 Å². The second kappa shape index (κ2) is 9.55. The highest BCUT2D eigenvalue weighted by atomic mass is 16.4. The molecule has 7 nitrogen and oxygen atoms in total. The Bertz CT molecular complexity index is 997. The van der Waals surface area contributed by atoms with Crippen molar-refractivity contribution in [2.75, 3.05) is 13.1 Å². The number of carboxylic acid groups (broad SMARTS) is 1. The fraction of sp³-hybridized carbons (Fsp3) is 0.333. The molecule has 7 heteroatoms. The second-order valence-electron chi connectivity index (χ2n) is 8.00. The van der Waals surface area contributed by atoms with Gasteiger partial charge in [-0.25, -0.2) is 0 Å². The molecule has 1 atom stereocenters. The summed E-state index contributed by atoms with van der Waals surface area (Å²) in [6.45, 7) is 4.19. The van der Waals surface area contributed by atoms with Crippen LogP contribution < -0.4 is 5.32 Å². The molecule has 0 aliphatic carbocycles. The molecule has 31 heavy (non-hydrogen) atoms. The number of likely N-dealkylation sites (tertiary alicyclic amines) is 1. The first-order valence-electron chi connectivity index (χ1n) is 10.3. The van der Waals surface area contributed by atoms with Crippen molar-refractivity contribution < 1.29 is 24.3 Å². The summed E-state index contributed by atoms with van der Waals surface area (Å²) >= 11 is 0. The lowest BCUT2D eigenvalue weighted by molar-refractivity contribution is -0.152. The number of hydrogen-bond acceptors (Lipinski definition) is 4. The summed E-state index contributed by atoms with van der Waals surface area (Å²) in [4.78, 5) is 49.1. The molecule has 0 radical (unpaired) electrons. The zero-order valence-electron chi connectivity index (χ0n) is 17.6. The van der Waals surface area contributed by atoms with Crippen LogP contribution in [0.2, 0.25) is 0 Å². The van der Waals surface area contributed by atoms with Crippen LogP contribution in [-0.4, -0.2) is 46.7 Å². The number of hydrogen-bond donors (Lipinski definition) is 2. The third kappa shape index (κ3) is 5.36. The molecule has 0 aromatic heterocycles. The predicted octanol–water partition coefficient (Wildman–Crippen LogP) is 2.60. The summed E-state index contributed by atoms with van der Waals surface area (Å²) in [7, 11) is 0. The molecule has 1 unspecified atom stereocenters. The average molecular weight is 422 g/mol. The normalized spacial score (nSPS) is 16.5. The van der Waals surface area contributed by atoms with Gasteiger partial charge in [-0.05, 0) is 28.2 Å². The number of aliphatic carboxylic acids is 1. The van der Waals surface area contributed by atoms with Crippen LogP contribution in [0.25, 0.3) is 11.1 Å². The van der Waals surface area contributed by atoms with Crippen molar-refractivity contribution >= 4 is 23.6 Å². The number of nitrogens with one attached hydrogen (secondary N) is 1. The largest absolute Gasteiger partial charge is 0.480 e. The van der Waals surface area contributed by atoms with E-state index in [1.807, 2.05) is 30.3 Å². The zero-order chi connectivity index (χ0) is 22.5. The minimum atomic E-state index is -1.48. The van der Waals surface area contributed by atoms with Gasteiger partial charge in [-0.1, -0.05) is 62.4 Å². The highest BCUT2D eigenvalue weighted by Crippen LogP contribution is 2.25. The van der Waals surface area contributed by atoms with Crippen LogP contribution in [0, 0.1) is 5.92 Å². The molecule has 2 aromatic carbocycles. The maximum atomic E-state index is 12.7. The van der Waals surface area contributed by atoms with Crippen LogP contribution in [0.4, 0.5) is 0 Å². The molecular formula is C24H26N2O5. The van der Waals surface area contributed by atoms with Gasteiger partial charge in [-0.2, -0.15) is 0 Å². The average Bonchev–Trinajstić information content (AvgIpc) is 2.75. The molecule has 3 rings (SSSR count). The van der Waals surface area contributed by atoms with Crippen molar-refractivity contribution in [3.63, 3.8) is 0 Å². The van der Waals surface area contributed by atoms with E-state index in [2.05, 4.69) is 37.4 Å². The fourth-order valence-electron chi connectivity index (χ4n) is 3.60. The van der Waals surface area contributed by atoms with Crippen molar-refractivity contribution in [2.24, 2.45) is 5.92 Å². The van der Waals surface area contributed by atoms with E-state index in [-0.39, 0.29) is 19.5 Å². The van der Waals surface area contributed by atoms with Crippen LogP contribution in [0.5, 0.6) is 0 Å². The van der Waals surface area contributed by atoms with E-state index in [0.717, 1.165) is 16.7 Å². The number of rotatable bonds is 7. The van der Waals surface area contributed by atoms with E-state index in [9.17, 15) is 19.2 Å². The Morgan fingerprint density at radius 2 is 1.81 bits per heavy atom. The second-order valence-corrected chi connectivity index (χ2v) is 8.00. The van der Waals surface area contributed by atoms with Gasteiger partial charge in [-0.3, -0.25) is 19.2 Å². The smallest absolute Gasteiger partial charge is 0.322 e. The number of carbonyl (C=O) groups is 4. The van der Waals surface area contributed by atoms with Gasteiger partial charge in [-0.15, -0.1) is 0 Å². The predicted molar refractivity (Wildman–Crippen MR) is 115 cm³/mol. The van der Waals surface area contributed by atoms with E-state index >= 15 is 0 Å². The quantitative estimate of drug-likeness (QED) is 0.668. The lowest BCUT2D eigenvalue weighted by atomic mass is 9.93. The Morgan fingerprint density at radius 3 is 2.45 bits per heavy atom. The number of piperidine rings is 1. The van der Waals surface area contributed by atoms with Crippen LogP contribution in [-0.2, 0) is 25.7 Å². The molecular weight excluding hydrogens is 396 g/mol. The Morgan fingerprint density at radius 1 is 1.10 bits per heavy atom. The summed E-state index contributed by atoms with van der Waals surface area (Å²) < 4.78 is 0. The summed E-state index contributed by atoms with van der Waals surface area (Å²) in [5.74, 6) is -4.21. The van der Waals surface area contributed by atoms with E-state index in [4.69, 9.17) is 5.11 Å². The molecule has 0 spiro atoms. The van der Waals surface area contributed by atoms with Gasteiger partial charge < -0.3 is 15.3 Å². The van der Waals surface area contributed by atoms with E-state index < -0.39 is 36.0 Å². The Kier molecular flexibility index (Phi) is 6.84. The van der Waals surface area contributed by atoms with Crippen molar-refractivity contribution in [3.05, 3.63) is 59.7 Å². The first-order chi connectivity index (χ1) is 14.8. The standard InChI is InChI=1S/C24H26N2O5/c1-15(2)18-4-3-5-19(12-18)17-8-6-16(7-9-17)14-26-11-10-20(27)22(24(26)31)23(30)25-13-21(28)29/h3-9,12,15,22H,10-11,13-14H2,1-2H3,(H,25,30)(H,28,29). The molecule has 1 aliphatic heterocycles. The molecule has 1 aliphatic rings. The van der Waals surface area contributed by atoms with Crippen molar-refractivity contribution in [2.45, 2.75) is 32.7 Å². The molecule has 1 heterocycles. The van der Waals surface area contributed by atoms with Gasteiger partial charge in [0.25, 0.3) is 0 Å². The Hall–Kier alpha value is -3.48. The highest BCUT2D eigenvalue weighted by Gasteiger charge is 2.40. The number of carbonyl (C=O) groups excluding carboxylic acids is 3. The van der Waals surface area contributed by atoms with Gasteiger partial charge in [0.1, 0.15) is 6.54 Å². The van der Waals surface area contributed by atoms with Crippen LogP contribution in [0.15, 0.2) is 48.5 Å². The maximum absolute atomic E-state index is 12.7. The summed E-state index contributed by atoms with van der Waals surface area (Å²) in [6.07, 6.45) is 0.0664. The lowest BCUT2D eigenvalue weighted by Gasteiger charge is -2.30. The number of amides is 2.